The minimum atomic E-state index is -0.787. The Morgan fingerprint density at radius 1 is 1.12 bits per heavy atom. The van der Waals surface area contributed by atoms with E-state index in [0.29, 0.717) is 13.1 Å². The second kappa shape index (κ2) is 11.4. The lowest BCUT2D eigenvalue weighted by Crippen LogP contribution is -2.58. The van der Waals surface area contributed by atoms with Gasteiger partial charge in [-0.15, -0.1) is 24.9 Å². The maximum absolute atomic E-state index is 14.7. The van der Waals surface area contributed by atoms with E-state index in [9.17, 15) is 19.5 Å². The number of anilines is 1. The lowest BCUT2D eigenvalue weighted by Gasteiger charge is -2.41. The summed E-state index contributed by atoms with van der Waals surface area (Å²) < 4.78 is -0.739. The summed E-state index contributed by atoms with van der Waals surface area (Å²) in [7, 11) is 0. The molecule has 3 amide bonds. The topological polar surface area (TPSA) is 81.2 Å². The van der Waals surface area contributed by atoms with Gasteiger partial charge < -0.3 is 19.8 Å². The number of carbonyl (C=O) groups excluding carboxylic acids is 3. The highest BCUT2D eigenvalue weighted by Crippen LogP contribution is 2.68. The molecule has 3 unspecified atom stereocenters. The van der Waals surface area contributed by atoms with Crippen LogP contribution < -0.4 is 4.90 Å². The zero-order valence-electron chi connectivity index (χ0n) is 23.4. The summed E-state index contributed by atoms with van der Waals surface area (Å²) in [6, 6.07) is 13.1. The molecule has 2 aromatic rings. The number of carbonyl (C=O) groups is 3. The Morgan fingerprint density at radius 3 is 2.52 bits per heavy atom. The molecule has 0 aromatic heterocycles. The van der Waals surface area contributed by atoms with Crippen LogP contribution in [-0.2, 0) is 14.4 Å². The highest BCUT2D eigenvalue weighted by atomic mass is 32.2. The minimum absolute atomic E-state index is 0.0269. The van der Waals surface area contributed by atoms with E-state index in [4.69, 9.17) is 0 Å². The van der Waals surface area contributed by atoms with Crippen LogP contribution in [0, 0.1) is 17.8 Å². The molecule has 0 aliphatic carbocycles. The summed E-state index contributed by atoms with van der Waals surface area (Å²) >= 11 is 1.66. The molecule has 40 heavy (non-hydrogen) atoms. The van der Waals surface area contributed by atoms with Gasteiger partial charge >= 0.3 is 0 Å². The lowest BCUT2D eigenvalue weighted by atomic mass is 9.65. The Bertz CT molecular complexity index is 1330. The fourth-order valence-electron chi connectivity index (χ4n) is 7.30. The van der Waals surface area contributed by atoms with E-state index >= 15 is 0 Å². The van der Waals surface area contributed by atoms with Gasteiger partial charge in [-0.25, -0.2) is 0 Å². The normalized spacial score (nSPS) is 28.5. The maximum atomic E-state index is 14.7. The number of fused-ring (bicyclic) bond motifs is 2. The fraction of sp³-hybridized carbons (Fsp3) is 0.469. The predicted molar refractivity (Wildman–Crippen MR) is 161 cm³/mol. The third kappa shape index (κ3) is 4.36. The number of hydrogen-bond acceptors (Lipinski definition) is 5. The Labute approximate surface area is 240 Å². The van der Waals surface area contributed by atoms with Crippen molar-refractivity contribution in [2.24, 2.45) is 17.8 Å². The summed E-state index contributed by atoms with van der Waals surface area (Å²) in [6.45, 7) is 13.0. The van der Waals surface area contributed by atoms with Crippen molar-refractivity contribution < 1.29 is 19.5 Å². The van der Waals surface area contributed by atoms with Crippen LogP contribution in [0.4, 0.5) is 5.69 Å². The van der Waals surface area contributed by atoms with E-state index in [2.05, 4.69) is 20.1 Å². The van der Waals surface area contributed by atoms with Crippen LogP contribution in [0.15, 0.2) is 67.8 Å². The molecule has 3 saturated heterocycles. The van der Waals surface area contributed by atoms with Gasteiger partial charge in [0.15, 0.2) is 0 Å². The number of aliphatic hydroxyl groups excluding tert-OH is 1. The van der Waals surface area contributed by atoms with Gasteiger partial charge in [-0.2, -0.15) is 0 Å². The van der Waals surface area contributed by atoms with Gasteiger partial charge in [0.2, 0.25) is 11.8 Å². The van der Waals surface area contributed by atoms with Gasteiger partial charge in [-0.3, -0.25) is 14.4 Å². The van der Waals surface area contributed by atoms with Crippen molar-refractivity contribution in [3.05, 3.63) is 67.8 Å². The van der Waals surface area contributed by atoms with Crippen molar-refractivity contribution in [1.82, 2.24) is 9.80 Å². The van der Waals surface area contributed by atoms with E-state index in [1.165, 1.54) is 0 Å². The van der Waals surface area contributed by atoms with Gasteiger partial charge in [-0.05, 0) is 41.7 Å². The van der Waals surface area contributed by atoms with Gasteiger partial charge in [0.05, 0.1) is 23.2 Å². The molecule has 3 aliphatic heterocycles. The van der Waals surface area contributed by atoms with Crippen molar-refractivity contribution in [2.45, 2.75) is 42.7 Å². The molecule has 2 bridgehead atoms. The number of hydrogen-bond donors (Lipinski definition) is 1. The van der Waals surface area contributed by atoms with Crippen molar-refractivity contribution in [1.29, 1.82) is 0 Å². The Morgan fingerprint density at radius 2 is 1.85 bits per heavy atom. The van der Waals surface area contributed by atoms with Crippen molar-refractivity contribution in [3.8, 4) is 0 Å². The van der Waals surface area contributed by atoms with E-state index < -0.39 is 22.6 Å². The van der Waals surface area contributed by atoms with Crippen molar-refractivity contribution in [2.75, 3.05) is 37.7 Å². The van der Waals surface area contributed by atoms with Crippen LogP contribution in [0.3, 0.4) is 0 Å². The van der Waals surface area contributed by atoms with E-state index in [-0.39, 0.29) is 48.6 Å². The zero-order valence-corrected chi connectivity index (χ0v) is 24.2. The molecular weight excluding hydrogens is 522 g/mol. The van der Waals surface area contributed by atoms with Crippen LogP contribution in [0.2, 0.25) is 0 Å². The second-order valence-corrected chi connectivity index (χ2v) is 12.7. The molecule has 7 nitrogen and oxygen atoms in total. The number of thioether (sulfide) groups is 1. The molecule has 3 fully saturated rings. The quantitative estimate of drug-likeness (QED) is 0.418. The van der Waals surface area contributed by atoms with E-state index in [1.807, 2.05) is 49.4 Å². The molecule has 3 aliphatic rings. The minimum Gasteiger partial charge on any atom is -0.395 e. The first kappa shape index (κ1) is 28.4. The number of amides is 3. The molecule has 212 valence electrons. The third-order valence-corrected chi connectivity index (χ3v) is 11.0. The summed E-state index contributed by atoms with van der Waals surface area (Å²) in [4.78, 5) is 47.9. The first-order valence-corrected chi connectivity index (χ1v) is 15.1. The Kier molecular flexibility index (Phi) is 8.11. The number of rotatable bonds is 11. The highest BCUT2D eigenvalue weighted by Gasteiger charge is 2.76. The molecular formula is C32H39N3O4S. The number of nitrogens with zero attached hydrogens (tertiary/aromatic N) is 3. The summed E-state index contributed by atoms with van der Waals surface area (Å²) in [5.74, 6) is -1.46. The van der Waals surface area contributed by atoms with Crippen LogP contribution in [-0.4, -0.2) is 81.5 Å². The Balaban J connectivity index is 1.57. The predicted octanol–water partition coefficient (Wildman–Crippen LogP) is 4.11. The average Bonchev–Trinajstić information content (AvgIpc) is 3.54. The molecule has 6 atom stereocenters. The number of benzene rings is 2. The van der Waals surface area contributed by atoms with Gasteiger partial charge in [0.1, 0.15) is 6.04 Å². The van der Waals surface area contributed by atoms with Crippen LogP contribution in [0.1, 0.15) is 26.7 Å². The largest absolute Gasteiger partial charge is 0.395 e. The standard InChI is InChI=1S/C32H39N3O4S/c1-5-14-33(15-6-2)29(37)26-25-19-21(4)32(40-25)27(26)30(38)35(17-18-36)28(32)31(39)34(16-7-3)24-13-12-22-10-8-9-11-23(22)20-24/h5,7-13,20-21,25-28,36H,1,3,6,14-19H2,2,4H3/t21?,25-,26+,27+,28?,32?/m1/s1. The van der Waals surface area contributed by atoms with E-state index in [1.54, 1.807) is 38.6 Å². The average molecular weight is 562 g/mol. The van der Waals surface area contributed by atoms with Gasteiger partial charge in [0, 0.05) is 37.1 Å². The van der Waals surface area contributed by atoms with Gasteiger partial charge in [-0.1, -0.05) is 56.3 Å². The van der Waals surface area contributed by atoms with Crippen molar-refractivity contribution in [3.63, 3.8) is 0 Å². The number of likely N-dealkylation sites (tertiary alicyclic amines) is 1. The summed E-state index contributed by atoms with van der Waals surface area (Å²) in [6.07, 6.45) is 5.00. The molecule has 0 radical (unpaired) electrons. The smallest absolute Gasteiger partial charge is 0.251 e. The third-order valence-electron chi connectivity index (χ3n) is 8.88. The number of β-amino-alcohol motifs (C(OH)–C–C–N with tert-alkyl or cyclic N) is 1. The van der Waals surface area contributed by atoms with Crippen molar-refractivity contribution >= 4 is 45.9 Å². The van der Waals surface area contributed by atoms with Gasteiger partial charge in [0.25, 0.3) is 5.91 Å². The SMILES string of the molecule is C=CCN(CCC)C(=O)[C@@H]1[C@H]2C(=O)N(CCO)C(C(=O)N(CC=C)c3ccc4ccccc4c3)C23S[C@@H]1CC3C. The monoisotopic (exact) mass is 561 g/mol. The molecule has 5 rings (SSSR count). The molecule has 2 aromatic carbocycles. The summed E-state index contributed by atoms with van der Waals surface area (Å²) in [5.41, 5.74) is 0.734. The molecule has 0 saturated carbocycles. The zero-order chi connectivity index (χ0) is 28.6. The summed E-state index contributed by atoms with van der Waals surface area (Å²) in [5, 5.41) is 12.1. The first-order valence-electron chi connectivity index (χ1n) is 14.2. The van der Waals surface area contributed by atoms with Crippen LogP contribution in [0.5, 0.6) is 0 Å². The molecule has 8 heteroatoms. The van der Waals surface area contributed by atoms with Crippen LogP contribution in [0.25, 0.3) is 10.8 Å². The maximum Gasteiger partial charge on any atom is 0.251 e. The molecule has 1 spiro atoms. The fourth-order valence-corrected chi connectivity index (χ4v) is 9.71. The first-order chi connectivity index (χ1) is 19.3. The molecule has 1 N–H and O–H groups in total. The van der Waals surface area contributed by atoms with Crippen LogP contribution >= 0.6 is 11.8 Å². The lowest BCUT2D eigenvalue weighted by molar-refractivity contribution is -0.144. The molecule has 3 heterocycles. The Hall–Kier alpha value is -3.10. The van der Waals surface area contributed by atoms with E-state index in [0.717, 1.165) is 29.3 Å². The highest BCUT2D eigenvalue weighted by molar-refractivity contribution is 8.02. The second-order valence-electron chi connectivity index (χ2n) is 11.1. The number of aliphatic hydroxyl groups is 1.